The molecule has 2 atom stereocenters. The number of rotatable bonds is 2. The Morgan fingerprint density at radius 3 is 1.33 bits per heavy atom. The fraction of sp³-hybridized carbons (Fsp3) is 0.263. The van der Waals surface area contributed by atoms with Crippen LogP contribution in [0, 0.1) is 0 Å². The maximum absolute atomic E-state index is 2.92. The number of benzene rings is 4. The average molecular weight is 586 g/mol. The fourth-order valence-corrected chi connectivity index (χ4v) is 20.8. The van der Waals surface area contributed by atoms with Crippen molar-refractivity contribution in [1.82, 2.24) is 0 Å². The molecule has 0 fully saturated rings. The van der Waals surface area contributed by atoms with Gasteiger partial charge in [-0.1, -0.05) is 0 Å². The second kappa shape index (κ2) is 9.71. The van der Waals surface area contributed by atoms with Crippen LogP contribution in [0.1, 0.15) is 69.0 Å². The summed E-state index contributed by atoms with van der Waals surface area (Å²) in [6, 6.07) is 36.6. The van der Waals surface area contributed by atoms with Gasteiger partial charge in [0.2, 0.25) is 0 Å². The third kappa shape index (κ3) is 3.88. The van der Waals surface area contributed by atoms with Crippen molar-refractivity contribution in [2.75, 3.05) is 0 Å². The van der Waals surface area contributed by atoms with Crippen molar-refractivity contribution in [2.24, 2.45) is 0 Å². The van der Waals surface area contributed by atoms with E-state index in [0.29, 0.717) is 7.25 Å². The van der Waals surface area contributed by atoms with E-state index in [4.69, 9.17) is 0 Å². The second-order valence-electron chi connectivity index (χ2n) is 12.5. The molecule has 0 nitrogen and oxygen atoms in total. The van der Waals surface area contributed by atoms with Crippen LogP contribution in [-0.2, 0) is 20.3 Å². The van der Waals surface area contributed by atoms with Crippen LogP contribution >= 0.6 is 0 Å². The van der Waals surface area contributed by atoms with Crippen LogP contribution in [0.5, 0.6) is 0 Å². The van der Waals surface area contributed by atoms with Gasteiger partial charge < -0.3 is 0 Å². The van der Waals surface area contributed by atoms with Gasteiger partial charge in [-0.05, 0) is 0 Å². The molecule has 2 aliphatic carbocycles. The van der Waals surface area contributed by atoms with Gasteiger partial charge in [0.15, 0.2) is 0 Å². The number of fused-ring (bicyclic) bond motifs is 8. The molecule has 0 amide bonds. The molecule has 4 bridgehead atoms. The molecule has 1 heteroatoms. The van der Waals surface area contributed by atoms with E-state index in [1.54, 1.807) is 44.5 Å². The number of hydrogen-bond acceptors (Lipinski definition) is 0. The molecule has 0 radical (unpaired) electrons. The minimum absolute atomic E-state index is 0.610. The SMILES string of the molecule is CC1=C2CCCCC3=C(C)[CH](c4cccc(-c5ccccc5)c43)[Zr]([CH3])([CH3])[CH]1c1cccc(-c3ccccc3)c12. The molecule has 0 N–H and O–H groups in total. The molecule has 4 aromatic rings. The van der Waals surface area contributed by atoms with Crippen molar-refractivity contribution >= 4 is 11.1 Å². The zero-order valence-electron chi connectivity index (χ0n) is 23.7. The summed E-state index contributed by atoms with van der Waals surface area (Å²) in [6.07, 6.45) is 4.90. The van der Waals surface area contributed by atoms with Gasteiger partial charge >= 0.3 is 240 Å². The van der Waals surface area contributed by atoms with Crippen LogP contribution < -0.4 is 0 Å². The molecule has 0 spiro atoms. The van der Waals surface area contributed by atoms with Crippen molar-refractivity contribution in [3.63, 3.8) is 0 Å². The van der Waals surface area contributed by atoms with Gasteiger partial charge in [-0.25, -0.2) is 0 Å². The second-order valence-corrected chi connectivity index (χ2v) is 24.3. The summed E-state index contributed by atoms with van der Waals surface area (Å²) < 4.78 is 6.74. The summed E-state index contributed by atoms with van der Waals surface area (Å²) in [5.41, 5.74) is 18.7. The first-order chi connectivity index (χ1) is 19.0. The molecule has 2 unspecified atom stereocenters. The van der Waals surface area contributed by atoms with E-state index in [1.165, 1.54) is 47.9 Å². The summed E-state index contributed by atoms with van der Waals surface area (Å²) >= 11 is -2.92. The number of allylic oxidation sites excluding steroid dienone is 4. The van der Waals surface area contributed by atoms with E-state index in [1.807, 2.05) is 0 Å². The molecule has 4 aromatic carbocycles. The van der Waals surface area contributed by atoms with E-state index in [9.17, 15) is 0 Å². The van der Waals surface area contributed by atoms with Gasteiger partial charge in [0.25, 0.3) is 0 Å². The molecule has 0 saturated heterocycles. The van der Waals surface area contributed by atoms with Gasteiger partial charge in [0.05, 0.1) is 0 Å². The monoisotopic (exact) mass is 584 g/mol. The Bertz CT molecular complexity index is 1510. The van der Waals surface area contributed by atoms with Crippen LogP contribution in [0.3, 0.4) is 0 Å². The van der Waals surface area contributed by atoms with E-state index in [2.05, 4.69) is 120 Å². The van der Waals surface area contributed by atoms with Gasteiger partial charge in [-0.2, -0.15) is 0 Å². The molecular formula is C38H38Zr. The summed E-state index contributed by atoms with van der Waals surface area (Å²) in [5.74, 6) is 0. The Balaban J connectivity index is 1.45. The summed E-state index contributed by atoms with van der Waals surface area (Å²) in [6.45, 7) is 5.00. The predicted octanol–water partition coefficient (Wildman–Crippen LogP) is 11.2. The minimum atomic E-state index is -2.92. The van der Waals surface area contributed by atoms with Crippen molar-refractivity contribution in [1.29, 1.82) is 0 Å². The molecule has 0 saturated carbocycles. The van der Waals surface area contributed by atoms with Gasteiger partial charge in [0, 0.05) is 0 Å². The Labute approximate surface area is 238 Å². The van der Waals surface area contributed by atoms with Crippen LogP contribution in [0.25, 0.3) is 33.4 Å². The summed E-state index contributed by atoms with van der Waals surface area (Å²) in [7, 11) is 0. The Morgan fingerprint density at radius 1 is 0.513 bits per heavy atom. The third-order valence-corrected chi connectivity index (χ3v) is 21.0. The van der Waals surface area contributed by atoms with Crippen LogP contribution in [0.15, 0.2) is 108 Å². The standard InChI is InChI=1S/C36H32.2CH3.Zr/c1-25-23-29-17-11-21-33(27-13-5-3-6-14-27)35(29)31(25)19-9-10-20-32-26(2)24-30-18-12-22-34(36(30)32)28-15-7-4-8-16-28;;;/h3-8,11-18,21-24H,9-10,19-20H2,1-2H3;2*1H3;. The molecule has 0 aromatic heterocycles. The first-order valence-electron chi connectivity index (χ1n) is 14.7. The molecule has 39 heavy (non-hydrogen) atoms. The first kappa shape index (κ1) is 25.2. The predicted molar refractivity (Wildman–Crippen MR) is 165 cm³/mol. The van der Waals surface area contributed by atoms with Gasteiger partial charge in [-0.15, -0.1) is 0 Å². The Hall–Kier alpha value is -2.76. The molecular weight excluding hydrogens is 548 g/mol. The summed E-state index contributed by atoms with van der Waals surface area (Å²) in [4.78, 5) is 0. The topological polar surface area (TPSA) is 0 Å². The van der Waals surface area contributed by atoms with Gasteiger partial charge in [-0.3, -0.25) is 0 Å². The quantitative estimate of drug-likeness (QED) is 0.219. The number of hydrogen-bond donors (Lipinski definition) is 0. The Kier molecular flexibility index (Phi) is 6.28. The average Bonchev–Trinajstić information content (AvgIpc) is 3.41. The molecule has 1 heterocycles. The van der Waals surface area contributed by atoms with E-state index in [0.717, 1.165) is 0 Å². The molecule has 7 rings (SSSR count). The van der Waals surface area contributed by atoms with Crippen molar-refractivity contribution < 1.29 is 20.3 Å². The fourth-order valence-electron chi connectivity index (χ4n) is 8.55. The Morgan fingerprint density at radius 2 is 0.923 bits per heavy atom. The van der Waals surface area contributed by atoms with Crippen molar-refractivity contribution in [3.8, 4) is 22.3 Å². The zero-order chi connectivity index (χ0) is 26.7. The molecule has 3 aliphatic rings. The molecule has 194 valence electrons. The van der Waals surface area contributed by atoms with Gasteiger partial charge in [0.1, 0.15) is 0 Å². The van der Waals surface area contributed by atoms with Crippen LogP contribution in [0.4, 0.5) is 0 Å². The van der Waals surface area contributed by atoms with Crippen LogP contribution in [0.2, 0.25) is 9.26 Å². The van der Waals surface area contributed by atoms with Crippen molar-refractivity contribution in [3.05, 3.63) is 130 Å². The van der Waals surface area contributed by atoms with E-state index < -0.39 is 20.3 Å². The van der Waals surface area contributed by atoms with Crippen LogP contribution in [-0.4, -0.2) is 0 Å². The third-order valence-electron chi connectivity index (χ3n) is 10.00. The van der Waals surface area contributed by atoms with E-state index in [-0.39, 0.29) is 0 Å². The molecule has 1 aliphatic heterocycles. The zero-order valence-corrected chi connectivity index (χ0v) is 26.2. The maximum atomic E-state index is 2.76. The first-order valence-corrected chi connectivity index (χ1v) is 22.5. The summed E-state index contributed by atoms with van der Waals surface area (Å²) in [5, 5.41) is 0. The normalized spacial score (nSPS) is 21.4. The van der Waals surface area contributed by atoms with E-state index >= 15 is 0 Å². The van der Waals surface area contributed by atoms with Crippen molar-refractivity contribution in [2.45, 2.75) is 56.0 Å².